The van der Waals surface area contributed by atoms with Crippen molar-refractivity contribution in [3.05, 3.63) is 30.3 Å². The molecule has 0 unspecified atom stereocenters. The zero-order valence-corrected chi connectivity index (χ0v) is 11.0. The van der Waals surface area contributed by atoms with Crippen molar-refractivity contribution in [1.82, 2.24) is 0 Å². The molecule has 0 fully saturated rings. The van der Waals surface area contributed by atoms with Crippen LogP contribution < -0.4 is 0 Å². The Morgan fingerprint density at radius 2 is 1.67 bits per heavy atom. The lowest BCUT2D eigenvalue weighted by molar-refractivity contribution is 0.283. The highest BCUT2D eigenvalue weighted by molar-refractivity contribution is 7.89. The Labute approximate surface area is 108 Å². The van der Waals surface area contributed by atoms with Crippen LogP contribution in [0, 0.1) is 0 Å². The van der Waals surface area contributed by atoms with Gasteiger partial charge in [-0.25, -0.2) is 8.42 Å². The molecule has 100 valence electrons. The van der Waals surface area contributed by atoms with Crippen LogP contribution in [0.1, 0.15) is 25.7 Å². The molecule has 0 amide bonds. The van der Waals surface area contributed by atoms with E-state index < -0.39 is 10.0 Å². The lowest BCUT2D eigenvalue weighted by Crippen LogP contribution is -2.01. The van der Waals surface area contributed by atoms with E-state index in [1.54, 1.807) is 24.3 Å². The topological polar surface area (TPSA) is 79.1 Å². The van der Waals surface area contributed by atoms with Crippen LogP contribution in [-0.2, 0) is 10.0 Å². The van der Waals surface area contributed by atoms with E-state index in [4.69, 9.17) is 5.11 Å². The van der Waals surface area contributed by atoms with Gasteiger partial charge in [0.05, 0.1) is 11.4 Å². The lowest BCUT2D eigenvalue weighted by Gasteiger charge is -1.98. The van der Waals surface area contributed by atoms with E-state index in [0.29, 0.717) is 18.5 Å². The van der Waals surface area contributed by atoms with Crippen LogP contribution in [0.4, 0.5) is 5.69 Å². The highest BCUT2D eigenvalue weighted by atomic mass is 32.2. The molecule has 0 radical (unpaired) electrons. The quantitative estimate of drug-likeness (QED) is 0.582. The molecule has 5 nitrogen and oxygen atoms in total. The van der Waals surface area contributed by atoms with Crippen LogP contribution >= 0.6 is 0 Å². The lowest BCUT2D eigenvalue weighted by atomic mass is 10.2. The predicted octanol–water partition coefficient (Wildman–Crippen LogP) is 2.65. The Morgan fingerprint density at radius 1 is 1.00 bits per heavy atom. The smallest absolute Gasteiger partial charge is 0.270 e. The third-order valence-corrected chi connectivity index (χ3v) is 3.48. The summed E-state index contributed by atoms with van der Waals surface area (Å²) in [6.45, 7) is 0.153. The zero-order valence-electron chi connectivity index (χ0n) is 10.2. The molecule has 0 aromatic heterocycles. The molecule has 0 atom stereocenters. The minimum atomic E-state index is -3.47. The van der Waals surface area contributed by atoms with Gasteiger partial charge in [0.15, 0.2) is 0 Å². The second-order valence-electron chi connectivity index (χ2n) is 3.94. The van der Waals surface area contributed by atoms with Gasteiger partial charge in [-0.1, -0.05) is 35.6 Å². The molecular formula is C12H18N2O3S. The maximum absolute atomic E-state index is 11.5. The fourth-order valence-corrected chi connectivity index (χ4v) is 2.26. The van der Waals surface area contributed by atoms with Crippen LogP contribution in [-0.4, -0.2) is 25.9 Å². The van der Waals surface area contributed by atoms with Crippen molar-refractivity contribution in [2.45, 2.75) is 25.7 Å². The van der Waals surface area contributed by atoms with E-state index in [2.05, 4.69) is 9.63 Å². The third-order valence-electron chi connectivity index (χ3n) is 2.35. The van der Waals surface area contributed by atoms with E-state index in [-0.39, 0.29) is 12.4 Å². The summed E-state index contributed by atoms with van der Waals surface area (Å²) in [5.41, 5.74) is 0.529. The van der Waals surface area contributed by atoms with Gasteiger partial charge in [0, 0.05) is 6.61 Å². The summed E-state index contributed by atoms with van der Waals surface area (Å²) in [4.78, 5) is 0. The monoisotopic (exact) mass is 270 g/mol. The van der Waals surface area contributed by atoms with Gasteiger partial charge in [0.25, 0.3) is 10.0 Å². The maximum atomic E-state index is 11.5. The molecule has 0 aliphatic carbocycles. The van der Waals surface area contributed by atoms with Crippen LogP contribution in [0.25, 0.3) is 0 Å². The van der Waals surface area contributed by atoms with Gasteiger partial charge in [0.1, 0.15) is 0 Å². The second-order valence-corrected chi connectivity index (χ2v) is 5.68. The third kappa shape index (κ3) is 6.46. The fraction of sp³-hybridized carbons (Fsp3) is 0.500. The highest BCUT2D eigenvalue weighted by Gasteiger charge is 2.07. The average molecular weight is 270 g/mol. The summed E-state index contributed by atoms with van der Waals surface area (Å²) in [7, 11) is -3.47. The number of sulfonamides is 1. The summed E-state index contributed by atoms with van der Waals surface area (Å²) in [5, 5.41) is 12.3. The fourth-order valence-electron chi connectivity index (χ4n) is 1.39. The SMILES string of the molecule is O=S(=O)(CCCCCCO)/N=N/c1ccccc1. The van der Waals surface area contributed by atoms with Crippen LogP contribution in [0.2, 0.25) is 0 Å². The molecule has 18 heavy (non-hydrogen) atoms. The van der Waals surface area contributed by atoms with Gasteiger partial charge in [-0.05, 0) is 25.0 Å². The molecule has 1 aromatic rings. The number of nitrogens with zero attached hydrogens (tertiary/aromatic N) is 2. The number of hydrogen-bond acceptors (Lipinski definition) is 4. The van der Waals surface area contributed by atoms with Crippen molar-refractivity contribution in [2.75, 3.05) is 12.4 Å². The molecule has 6 heteroatoms. The predicted molar refractivity (Wildman–Crippen MR) is 70.3 cm³/mol. The van der Waals surface area contributed by atoms with Crippen molar-refractivity contribution < 1.29 is 13.5 Å². The molecular weight excluding hydrogens is 252 g/mol. The first-order valence-corrected chi connectivity index (χ1v) is 7.56. The summed E-state index contributed by atoms with van der Waals surface area (Å²) in [6.07, 6.45) is 2.88. The first-order chi connectivity index (χ1) is 8.64. The summed E-state index contributed by atoms with van der Waals surface area (Å²) >= 11 is 0. The van der Waals surface area contributed by atoms with Gasteiger partial charge >= 0.3 is 0 Å². The van der Waals surface area contributed by atoms with E-state index in [1.165, 1.54) is 0 Å². The highest BCUT2D eigenvalue weighted by Crippen LogP contribution is 2.12. The Morgan fingerprint density at radius 3 is 2.33 bits per heavy atom. The summed E-state index contributed by atoms with van der Waals surface area (Å²) in [5.74, 6) is 0.00869. The van der Waals surface area contributed by atoms with Crippen molar-refractivity contribution in [3.63, 3.8) is 0 Å². The zero-order chi connectivity index (χ0) is 13.3. The van der Waals surface area contributed by atoms with E-state index >= 15 is 0 Å². The Bertz CT molecular complexity index is 457. The van der Waals surface area contributed by atoms with Crippen molar-refractivity contribution in [3.8, 4) is 0 Å². The first kappa shape index (κ1) is 14.8. The number of rotatable bonds is 8. The van der Waals surface area contributed by atoms with Crippen LogP contribution in [0.3, 0.4) is 0 Å². The van der Waals surface area contributed by atoms with Crippen LogP contribution in [0.15, 0.2) is 40.0 Å². The number of benzene rings is 1. The van der Waals surface area contributed by atoms with Crippen molar-refractivity contribution in [1.29, 1.82) is 0 Å². The van der Waals surface area contributed by atoms with Crippen LogP contribution in [0.5, 0.6) is 0 Å². The summed E-state index contributed by atoms with van der Waals surface area (Å²) in [6, 6.07) is 8.76. The largest absolute Gasteiger partial charge is 0.396 e. The molecule has 1 aromatic carbocycles. The molecule has 1 N–H and O–H groups in total. The first-order valence-electron chi connectivity index (χ1n) is 5.96. The molecule has 0 spiro atoms. The molecule has 0 aliphatic rings. The molecule has 0 bridgehead atoms. The maximum Gasteiger partial charge on any atom is 0.270 e. The van der Waals surface area contributed by atoms with Gasteiger partial charge < -0.3 is 5.11 Å². The summed E-state index contributed by atoms with van der Waals surface area (Å²) < 4.78 is 26.4. The standard InChI is InChI=1S/C12H18N2O3S/c15-10-6-1-2-7-11-18(16,17)14-13-12-8-4-3-5-9-12/h3-5,8-9,15H,1-2,6-7,10-11H2/b14-13+. The van der Waals surface area contributed by atoms with Gasteiger partial charge in [-0.3, -0.25) is 0 Å². The van der Waals surface area contributed by atoms with Gasteiger partial charge in [-0.15, -0.1) is 5.11 Å². The van der Waals surface area contributed by atoms with E-state index in [0.717, 1.165) is 12.8 Å². The van der Waals surface area contributed by atoms with Crippen molar-refractivity contribution >= 4 is 15.7 Å². The minimum absolute atomic E-state index is 0.00869. The van der Waals surface area contributed by atoms with Gasteiger partial charge in [0.2, 0.25) is 0 Å². The molecule has 0 aliphatic heterocycles. The number of aliphatic hydroxyl groups excluding tert-OH is 1. The molecule has 0 heterocycles. The number of hydrogen-bond donors (Lipinski definition) is 1. The van der Waals surface area contributed by atoms with Gasteiger partial charge in [-0.2, -0.15) is 0 Å². The molecule has 1 rings (SSSR count). The Hall–Kier alpha value is -1.27. The normalized spacial score (nSPS) is 12.1. The number of unbranched alkanes of at least 4 members (excludes halogenated alkanes) is 3. The second kappa shape index (κ2) is 7.94. The Balaban J connectivity index is 2.38. The van der Waals surface area contributed by atoms with Crippen molar-refractivity contribution in [2.24, 2.45) is 9.63 Å². The average Bonchev–Trinajstić information content (AvgIpc) is 2.38. The Kier molecular flexibility index (Phi) is 6.53. The minimum Gasteiger partial charge on any atom is -0.396 e. The number of aliphatic hydroxyl groups is 1. The van der Waals surface area contributed by atoms with E-state index in [1.807, 2.05) is 6.07 Å². The van der Waals surface area contributed by atoms with E-state index in [9.17, 15) is 8.42 Å². The molecule has 0 saturated carbocycles. The molecule has 0 saturated heterocycles.